The van der Waals surface area contributed by atoms with Gasteiger partial charge in [0.1, 0.15) is 0 Å². The number of benzene rings is 2. The van der Waals surface area contributed by atoms with Crippen LogP contribution in [-0.4, -0.2) is 10.5 Å². The molecule has 0 bridgehead atoms. The van der Waals surface area contributed by atoms with Gasteiger partial charge in [-0.1, -0.05) is 40.2 Å². The third-order valence-corrected chi connectivity index (χ3v) is 4.41. The Morgan fingerprint density at radius 3 is 2.67 bits per heavy atom. The number of fused-ring (bicyclic) bond motifs is 1. The second-order valence-electron chi connectivity index (χ2n) is 5.58. The monoisotopic (exact) mass is 388 g/mol. The van der Waals surface area contributed by atoms with Crippen molar-refractivity contribution in [3.63, 3.8) is 0 Å². The van der Waals surface area contributed by atoms with Gasteiger partial charge in [-0.25, -0.2) is 4.79 Å². The van der Waals surface area contributed by atoms with E-state index in [1.807, 2.05) is 49.4 Å². The number of hydrogen-bond acceptors (Lipinski definition) is 3. The topological polar surface area (TPSA) is 64.2 Å². The fourth-order valence-electron chi connectivity index (χ4n) is 2.59. The van der Waals surface area contributed by atoms with Crippen molar-refractivity contribution in [3.05, 3.63) is 69.1 Å². The average Bonchev–Trinajstić information content (AvgIpc) is 2.88. The number of aromatic nitrogens is 1. The Kier molecular flexibility index (Phi) is 4.85. The highest BCUT2D eigenvalue weighted by Crippen LogP contribution is 2.17. The predicted molar refractivity (Wildman–Crippen MR) is 95.8 cm³/mol. The largest absolute Gasteiger partial charge is 0.419 e. The molecule has 0 radical (unpaired) electrons. The van der Waals surface area contributed by atoms with Gasteiger partial charge in [0, 0.05) is 17.4 Å². The van der Waals surface area contributed by atoms with Gasteiger partial charge in [-0.3, -0.25) is 9.36 Å². The summed E-state index contributed by atoms with van der Waals surface area (Å²) < 4.78 is 7.65. The Bertz CT molecular complexity index is 912. The number of nitrogens with one attached hydrogen (secondary N) is 1. The first-order valence-corrected chi connectivity index (χ1v) is 8.47. The summed E-state index contributed by atoms with van der Waals surface area (Å²) in [6, 6.07) is 14.9. The van der Waals surface area contributed by atoms with Crippen LogP contribution in [0.5, 0.6) is 0 Å². The molecule has 0 aliphatic rings. The van der Waals surface area contributed by atoms with Crippen LogP contribution in [0.2, 0.25) is 0 Å². The summed E-state index contributed by atoms with van der Waals surface area (Å²) >= 11 is 3.39. The van der Waals surface area contributed by atoms with Crippen molar-refractivity contribution in [2.24, 2.45) is 0 Å². The van der Waals surface area contributed by atoms with Crippen LogP contribution in [0.4, 0.5) is 0 Å². The Hall–Kier alpha value is -2.34. The van der Waals surface area contributed by atoms with Crippen LogP contribution in [0.3, 0.4) is 0 Å². The van der Waals surface area contributed by atoms with E-state index in [2.05, 4.69) is 21.2 Å². The van der Waals surface area contributed by atoms with Crippen LogP contribution in [0.1, 0.15) is 24.9 Å². The van der Waals surface area contributed by atoms with Gasteiger partial charge in [-0.2, -0.15) is 0 Å². The molecule has 1 atom stereocenters. The number of nitrogens with zero attached hydrogens (tertiary/aromatic N) is 1. The van der Waals surface area contributed by atoms with Crippen LogP contribution < -0.4 is 11.1 Å². The molecular formula is C18H17BrN2O3. The molecule has 124 valence electrons. The predicted octanol–water partition coefficient (Wildman–Crippen LogP) is 3.62. The summed E-state index contributed by atoms with van der Waals surface area (Å²) in [6.45, 7) is 2.22. The number of halogens is 1. The summed E-state index contributed by atoms with van der Waals surface area (Å²) in [4.78, 5) is 24.1. The normalized spacial score (nSPS) is 12.2. The highest BCUT2D eigenvalue weighted by atomic mass is 79.9. The highest BCUT2D eigenvalue weighted by molar-refractivity contribution is 9.10. The first-order valence-electron chi connectivity index (χ1n) is 7.68. The molecule has 0 aliphatic heterocycles. The number of amides is 1. The molecule has 1 heterocycles. The first kappa shape index (κ1) is 16.5. The van der Waals surface area contributed by atoms with Crippen molar-refractivity contribution in [3.8, 4) is 0 Å². The molecule has 0 aliphatic carbocycles. The van der Waals surface area contributed by atoms with Crippen molar-refractivity contribution in [2.75, 3.05) is 0 Å². The second kappa shape index (κ2) is 7.05. The standard InChI is InChI=1S/C18H17BrN2O3/c1-12(13-6-8-14(19)9-7-13)20-17(22)10-11-21-15-4-2-3-5-16(15)24-18(21)23/h2-9,12H,10-11H2,1H3,(H,20,22). The molecule has 2 aromatic carbocycles. The molecule has 0 spiro atoms. The van der Waals surface area contributed by atoms with Gasteiger partial charge in [0.15, 0.2) is 5.58 Å². The Balaban J connectivity index is 1.64. The SMILES string of the molecule is CC(NC(=O)CCn1c(=O)oc2ccccc21)c1ccc(Br)cc1. The quantitative estimate of drug-likeness (QED) is 0.725. The van der Waals surface area contributed by atoms with Gasteiger partial charge in [0.25, 0.3) is 0 Å². The van der Waals surface area contributed by atoms with E-state index in [1.165, 1.54) is 4.57 Å². The number of carbonyl (C=O) groups excluding carboxylic acids is 1. The average molecular weight is 389 g/mol. The molecule has 0 fully saturated rings. The second-order valence-corrected chi connectivity index (χ2v) is 6.49. The van der Waals surface area contributed by atoms with E-state index in [9.17, 15) is 9.59 Å². The molecule has 5 nitrogen and oxygen atoms in total. The molecule has 1 amide bonds. The molecule has 3 aromatic rings. The van der Waals surface area contributed by atoms with Crippen molar-refractivity contribution >= 4 is 32.9 Å². The van der Waals surface area contributed by atoms with Crippen LogP contribution in [0, 0.1) is 0 Å². The number of para-hydroxylation sites is 2. The summed E-state index contributed by atoms with van der Waals surface area (Å²) in [5, 5.41) is 2.95. The molecule has 3 rings (SSSR count). The van der Waals surface area contributed by atoms with Crippen molar-refractivity contribution in [1.29, 1.82) is 0 Å². The lowest BCUT2D eigenvalue weighted by atomic mass is 10.1. The van der Waals surface area contributed by atoms with E-state index in [0.717, 1.165) is 10.0 Å². The van der Waals surface area contributed by atoms with Crippen LogP contribution >= 0.6 is 15.9 Å². The fraction of sp³-hybridized carbons (Fsp3) is 0.222. The number of rotatable bonds is 5. The molecule has 1 N–H and O–H groups in total. The zero-order valence-electron chi connectivity index (χ0n) is 13.2. The van der Waals surface area contributed by atoms with E-state index < -0.39 is 5.76 Å². The van der Waals surface area contributed by atoms with E-state index >= 15 is 0 Å². The van der Waals surface area contributed by atoms with E-state index in [4.69, 9.17) is 4.42 Å². The molecule has 0 saturated carbocycles. The van der Waals surface area contributed by atoms with E-state index in [-0.39, 0.29) is 24.9 Å². The maximum atomic E-state index is 12.2. The summed E-state index contributed by atoms with van der Waals surface area (Å²) in [6.07, 6.45) is 0.213. The number of carbonyl (C=O) groups is 1. The fourth-order valence-corrected chi connectivity index (χ4v) is 2.85. The highest BCUT2D eigenvalue weighted by Gasteiger charge is 2.12. The van der Waals surface area contributed by atoms with Gasteiger partial charge in [-0.05, 0) is 36.8 Å². The zero-order valence-corrected chi connectivity index (χ0v) is 14.7. The lowest BCUT2D eigenvalue weighted by Gasteiger charge is -2.14. The molecule has 0 saturated heterocycles. The molecular weight excluding hydrogens is 372 g/mol. The van der Waals surface area contributed by atoms with Crippen LogP contribution in [-0.2, 0) is 11.3 Å². The Morgan fingerprint density at radius 2 is 1.92 bits per heavy atom. The van der Waals surface area contributed by atoms with Gasteiger partial charge in [-0.15, -0.1) is 0 Å². The summed E-state index contributed by atoms with van der Waals surface area (Å²) in [5.74, 6) is -0.549. The molecule has 24 heavy (non-hydrogen) atoms. The number of hydrogen-bond donors (Lipinski definition) is 1. The Morgan fingerprint density at radius 1 is 1.21 bits per heavy atom. The molecule has 1 aromatic heterocycles. The minimum absolute atomic E-state index is 0.0941. The third-order valence-electron chi connectivity index (χ3n) is 3.88. The van der Waals surface area contributed by atoms with Gasteiger partial charge >= 0.3 is 5.76 Å². The minimum atomic E-state index is -0.440. The summed E-state index contributed by atoms with van der Waals surface area (Å²) in [7, 11) is 0. The van der Waals surface area contributed by atoms with Crippen LogP contribution in [0.25, 0.3) is 11.1 Å². The van der Waals surface area contributed by atoms with E-state index in [1.54, 1.807) is 6.07 Å². The lowest BCUT2D eigenvalue weighted by molar-refractivity contribution is -0.121. The van der Waals surface area contributed by atoms with Crippen molar-refractivity contribution < 1.29 is 9.21 Å². The summed E-state index contributed by atoms with van der Waals surface area (Å²) in [5.41, 5.74) is 2.26. The maximum absolute atomic E-state index is 12.2. The van der Waals surface area contributed by atoms with Crippen molar-refractivity contribution in [2.45, 2.75) is 25.9 Å². The lowest BCUT2D eigenvalue weighted by Crippen LogP contribution is -2.28. The van der Waals surface area contributed by atoms with Gasteiger partial charge in [0.05, 0.1) is 11.6 Å². The number of oxazole rings is 1. The van der Waals surface area contributed by atoms with Gasteiger partial charge < -0.3 is 9.73 Å². The van der Waals surface area contributed by atoms with Crippen molar-refractivity contribution in [1.82, 2.24) is 9.88 Å². The number of aryl methyl sites for hydroxylation is 1. The maximum Gasteiger partial charge on any atom is 0.419 e. The third kappa shape index (κ3) is 3.59. The van der Waals surface area contributed by atoms with E-state index in [0.29, 0.717) is 11.1 Å². The molecule has 6 heteroatoms. The smallest absolute Gasteiger partial charge is 0.408 e. The van der Waals surface area contributed by atoms with Crippen LogP contribution in [0.15, 0.2) is 62.2 Å². The minimum Gasteiger partial charge on any atom is -0.408 e. The zero-order chi connectivity index (χ0) is 17.1. The first-order chi connectivity index (χ1) is 11.5. The Labute approximate surface area is 147 Å². The van der Waals surface area contributed by atoms with Gasteiger partial charge in [0.2, 0.25) is 5.91 Å². The molecule has 1 unspecified atom stereocenters.